The second-order valence-corrected chi connectivity index (χ2v) is 8.73. The number of hydrogen-bond donors (Lipinski definition) is 2. The zero-order valence-electron chi connectivity index (χ0n) is 15.0. The Balaban J connectivity index is 1.70. The minimum Gasteiger partial charge on any atom is -0.395 e. The third-order valence-electron chi connectivity index (χ3n) is 4.44. The summed E-state index contributed by atoms with van der Waals surface area (Å²) in [5, 5.41) is 12.0. The number of rotatable bonds is 5. The standard InChI is InChI=1S/C18H22N4O4S/c1-13-6-8-19-17(20-13)14-2-4-15(5-3-14)21-18(24)22(9-10-23)16-7-11-27(25,26)12-16/h2-6,8,16,23H,7,9-12H2,1H3,(H,21,24)/t16-/m1/s1. The minimum atomic E-state index is -3.12. The summed E-state index contributed by atoms with van der Waals surface area (Å²) in [4.78, 5) is 22.6. The maximum Gasteiger partial charge on any atom is 0.322 e. The number of nitrogens with zero attached hydrogens (tertiary/aromatic N) is 3. The molecule has 0 radical (unpaired) electrons. The van der Waals surface area contributed by atoms with Crippen LogP contribution in [0.4, 0.5) is 10.5 Å². The molecule has 1 fully saturated rings. The molecular weight excluding hydrogens is 368 g/mol. The zero-order chi connectivity index (χ0) is 19.4. The second-order valence-electron chi connectivity index (χ2n) is 6.50. The average molecular weight is 390 g/mol. The van der Waals surface area contributed by atoms with E-state index >= 15 is 0 Å². The molecule has 1 aliphatic heterocycles. The van der Waals surface area contributed by atoms with E-state index in [2.05, 4.69) is 15.3 Å². The monoisotopic (exact) mass is 390 g/mol. The number of aromatic nitrogens is 2. The molecule has 1 saturated heterocycles. The molecule has 1 aliphatic rings. The maximum atomic E-state index is 12.6. The highest BCUT2D eigenvalue weighted by Crippen LogP contribution is 2.21. The van der Waals surface area contributed by atoms with Gasteiger partial charge in [-0.2, -0.15) is 0 Å². The van der Waals surface area contributed by atoms with Crippen LogP contribution in [-0.4, -0.2) is 65.1 Å². The molecule has 1 atom stereocenters. The van der Waals surface area contributed by atoms with E-state index in [4.69, 9.17) is 0 Å². The van der Waals surface area contributed by atoms with Crippen molar-refractivity contribution in [1.29, 1.82) is 0 Å². The number of aliphatic hydroxyl groups is 1. The third kappa shape index (κ3) is 4.81. The van der Waals surface area contributed by atoms with Gasteiger partial charge in [-0.25, -0.2) is 23.2 Å². The number of aryl methyl sites for hydroxylation is 1. The van der Waals surface area contributed by atoms with Gasteiger partial charge in [0.1, 0.15) is 0 Å². The van der Waals surface area contributed by atoms with E-state index in [1.165, 1.54) is 4.90 Å². The number of urea groups is 1. The number of benzene rings is 1. The molecule has 9 heteroatoms. The number of hydrogen-bond acceptors (Lipinski definition) is 6. The van der Waals surface area contributed by atoms with Gasteiger partial charge in [-0.05, 0) is 43.7 Å². The molecule has 0 unspecified atom stereocenters. The fourth-order valence-corrected chi connectivity index (χ4v) is 4.80. The van der Waals surface area contributed by atoms with Gasteiger partial charge in [0.05, 0.1) is 18.1 Å². The van der Waals surface area contributed by atoms with Gasteiger partial charge in [-0.1, -0.05) is 0 Å². The van der Waals surface area contributed by atoms with E-state index in [0.29, 0.717) is 17.9 Å². The van der Waals surface area contributed by atoms with Gasteiger partial charge >= 0.3 is 6.03 Å². The summed E-state index contributed by atoms with van der Waals surface area (Å²) >= 11 is 0. The van der Waals surface area contributed by atoms with Gasteiger partial charge in [-0.15, -0.1) is 0 Å². The number of aliphatic hydroxyl groups excluding tert-OH is 1. The summed E-state index contributed by atoms with van der Waals surface area (Å²) in [5.41, 5.74) is 2.26. The van der Waals surface area contributed by atoms with Crippen LogP contribution in [0.2, 0.25) is 0 Å². The van der Waals surface area contributed by atoms with Crippen LogP contribution in [0.15, 0.2) is 36.5 Å². The highest BCUT2D eigenvalue weighted by atomic mass is 32.2. The summed E-state index contributed by atoms with van der Waals surface area (Å²) in [6.45, 7) is 1.74. The zero-order valence-corrected chi connectivity index (χ0v) is 15.8. The maximum absolute atomic E-state index is 12.6. The van der Waals surface area contributed by atoms with Crippen molar-refractivity contribution >= 4 is 21.6 Å². The molecule has 0 bridgehead atoms. The molecule has 2 amide bonds. The van der Waals surface area contributed by atoms with Gasteiger partial charge in [0, 0.05) is 35.7 Å². The first kappa shape index (κ1) is 19.2. The van der Waals surface area contributed by atoms with Crippen molar-refractivity contribution in [3.8, 4) is 11.4 Å². The Morgan fingerprint density at radius 1 is 1.30 bits per heavy atom. The number of carbonyl (C=O) groups is 1. The highest BCUT2D eigenvalue weighted by Gasteiger charge is 2.34. The molecule has 1 aromatic heterocycles. The first-order chi connectivity index (χ1) is 12.9. The molecule has 27 heavy (non-hydrogen) atoms. The molecule has 2 heterocycles. The topological polar surface area (TPSA) is 112 Å². The van der Waals surface area contributed by atoms with Crippen LogP contribution in [0, 0.1) is 6.92 Å². The quantitative estimate of drug-likeness (QED) is 0.799. The molecule has 0 saturated carbocycles. The molecular formula is C18H22N4O4S. The van der Waals surface area contributed by atoms with E-state index in [1.54, 1.807) is 30.5 Å². The van der Waals surface area contributed by atoms with E-state index in [-0.39, 0.29) is 24.7 Å². The van der Waals surface area contributed by atoms with Crippen molar-refractivity contribution < 1.29 is 18.3 Å². The highest BCUT2D eigenvalue weighted by molar-refractivity contribution is 7.91. The average Bonchev–Trinajstić information content (AvgIpc) is 2.99. The summed E-state index contributed by atoms with van der Waals surface area (Å²) in [6.07, 6.45) is 2.08. The number of nitrogens with one attached hydrogen (secondary N) is 1. The second kappa shape index (κ2) is 8.01. The van der Waals surface area contributed by atoms with Gasteiger partial charge in [0.25, 0.3) is 0 Å². The lowest BCUT2D eigenvalue weighted by atomic mass is 10.2. The Morgan fingerprint density at radius 2 is 2.04 bits per heavy atom. The lowest BCUT2D eigenvalue weighted by Crippen LogP contribution is -2.45. The van der Waals surface area contributed by atoms with E-state index < -0.39 is 21.9 Å². The summed E-state index contributed by atoms with van der Waals surface area (Å²) in [5.74, 6) is 0.605. The minimum absolute atomic E-state index is 0.0654. The Hall–Kier alpha value is -2.52. The largest absolute Gasteiger partial charge is 0.395 e. The van der Waals surface area contributed by atoms with Crippen LogP contribution in [0.3, 0.4) is 0 Å². The Kier molecular flexibility index (Phi) is 5.71. The van der Waals surface area contributed by atoms with Crippen molar-refractivity contribution in [1.82, 2.24) is 14.9 Å². The lowest BCUT2D eigenvalue weighted by Gasteiger charge is -2.27. The molecule has 144 valence electrons. The van der Waals surface area contributed by atoms with Crippen LogP contribution in [0.5, 0.6) is 0 Å². The first-order valence-corrected chi connectivity index (χ1v) is 10.5. The van der Waals surface area contributed by atoms with Crippen LogP contribution in [0.25, 0.3) is 11.4 Å². The third-order valence-corrected chi connectivity index (χ3v) is 6.19. The van der Waals surface area contributed by atoms with Crippen LogP contribution < -0.4 is 5.32 Å². The van der Waals surface area contributed by atoms with Crippen molar-refractivity contribution in [3.63, 3.8) is 0 Å². The first-order valence-electron chi connectivity index (χ1n) is 8.67. The van der Waals surface area contributed by atoms with Crippen LogP contribution in [0.1, 0.15) is 12.1 Å². The van der Waals surface area contributed by atoms with Crippen molar-refractivity contribution in [3.05, 3.63) is 42.2 Å². The van der Waals surface area contributed by atoms with Crippen LogP contribution in [-0.2, 0) is 9.84 Å². The molecule has 2 aromatic rings. The van der Waals surface area contributed by atoms with Gasteiger partial charge in [0.15, 0.2) is 15.7 Å². The molecule has 0 spiro atoms. The molecule has 0 aliphatic carbocycles. The smallest absolute Gasteiger partial charge is 0.322 e. The number of amides is 2. The fraction of sp³-hybridized carbons (Fsp3) is 0.389. The Bertz CT molecular complexity index is 915. The molecule has 2 N–H and O–H groups in total. The summed E-state index contributed by atoms with van der Waals surface area (Å²) in [7, 11) is -3.12. The van der Waals surface area contributed by atoms with Crippen molar-refractivity contribution in [2.24, 2.45) is 0 Å². The Morgan fingerprint density at radius 3 is 2.63 bits per heavy atom. The SMILES string of the molecule is Cc1ccnc(-c2ccc(NC(=O)N(CCO)[C@@H]3CCS(=O)(=O)C3)cc2)n1. The normalized spacial score (nSPS) is 18.2. The number of sulfone groups is 1. The predicted octanol–water partition coefficient (Wildman–Crippen LogP) is 1.47. The van der Waals surface area contributed by atoms with Gasteiger partial charge in [-0.3, -0.25) is 0 Å². The summed E-state index contributed by atoms with van der Waals surface area (Å²) in [6, 6.07) is 8.06. The predicted molar refractivity (Wildman–Crippen MR) is 102 cm³/mol. The lowest BCUT2D eigenvalue weighted by molar-refractivity contribution is 0.169. The fourth-order valence-electron chi connectivity index (χ4n) is 3.06. The Labute approximate surface area is 158 Å². The van der Waals surface area contributed by atoms with E-state index in [0.717, 1.165) is 11.3 Å². The van der Waals surface area contributed by atoms with Crippen molar-refractivity contribution in [2.45, 2.75) is 19.4 Å². The number of anilines is 1. The van der Waals surface area contributed by atoms with Gasteiger partial charge < -0.3 is 15.3 Å². The molecule has 3 rings (SSSR count). The van der Waals surface area contributed by atoms with Crippen molar-refractivity contribution in [2.75, 3.05) is 30.0 Å². The van der Waals surface area contributed by atoms with Crippen LogP contribution >= 0.6 is 0 Å². The van der Waals surface area contributed by atoms with Gasteiger partial charge in [0.2, 0.25) is 0 Å². The number of carbonyl (C=O) groups excluding carboxylic acids is 1. The molecule has 1 aromatic carbocycles. The summed E-state index contributed by atoms with van der Waals surface area (Å²) < 4.78 is 23.4. The van der Waals surface area contributed by atoms with E-state index in [9.17, 15) is 18.3 Å². The van der Waals surface area contributed by atoms with E-state index in [1.807, 2.05) is 13.0 Å². The molecule has 8 nitrogen and oxygen atoms in total.